The Labute approximate surface area is 310 Å². The largest absolute Gasteiger partial charge is 2.00 e. The van der Waals surface area contributed by atoms with Crippen LogP contribution in [0.4, 0.5) is 0 Å². The second-order valence-electron chi connectivity index (χ2n) is 14.5. The van der Waals surface area contributed by atoms with Gasteiger partial charge in [-0.25, -0.2) is 4.98 Å². The number of nitrogens with zero attached hydrogens (tertiary/aromatic N) is 4. The fraction of sp³-hybridized carbons (Fsp3) is 0.273. The van der Waals surface area contributed by atoms with E-state index in [1.165, 1.54) is 27.9 Å². The number of rotatable bonds is 8. The Morgan fingerprint density at radius 3 is 2.28 bits per heavy atom. The van der Waals surface area contributed by atoms with Gasteiger partial charge in [0.15, 0.2) is 0 Å². The van der Waals surface area contributed by atoms with Gasteiger partial charge in [0, 0.05) is 28.8 Å². The molecule has 0 aliphatic rings. The first-order valence-corrected chi connectivity index (χ1v) is 17.4. The van der Waals surface area contributed by atoms with Crippen LogP contribution in [-0.2, 0) is 32.3 Å². The van der Waals surface area contributed by atoms with Crippen LogP contribution in [0.2, 0.25) is 0 Å². The normalized spacial score (nSPS) is 11.9. The van der Waals surface area contributed by atoms with E-state index in [4.69, 9.17) is 14.8 Å². The van der Waals surface area contributed by atoms with E-state index in [1.54, 1.807) is 0 Å². The molecule has 0 bridgehead atoms. The first-order chi connectivity index (χ1) is 23.5. The Balaban J connectivity index is 0.00000432. The zero-order valence-electron chi connectivity index (χ0n) is 30.1. The third-order valence-corrected chi connectivity index (χ3v) is 9.26. The van der Waals surface area contributed by atoms with Gasteiger partial charge in [0.2, 0.25) is 0 Å². The van der Waals surface area contributed by atoms with Crippen LogP contribution in [0.5, 0.6) is 11.5 Å². The molecule has 0 amide bonds. The number of para-hydroxylation sites is 1. The molecular formula is C44H44N4OPd. The fourth-order valence-corrected chi connectivity index (χ4v) is 6.72. The quantitative estimate of drug-likeness (QED) is 0.115. The molecule has 0 N–H and O–H groups in total. The van der Waals surface area contributed by atoms with Crippen LogP contribution in [0.15, 0.2) is 97.2 Å². The summed E-state index contributed by atoms with van der Waals surface area (Å²) in [6.45, 7) is 17.9. The summed E-state index contributed by atoms with van der Waals surface area (Å²) in [7, 11) is 0. The van der Waals surface area contributed by atoms with Crippen molar-refractivity contribution < 1.29 is 25.2 Å². The number of ether oxygens (including phenoxy) is 1. The summed E-state index contributed by atoms with van der Waals surface area (Å²) >= 11 is 0. The first kappa shape index (κ1) is 35.3. The third kappa shape index (κ3) is 6.55. The maximum absolute atomic E-state index is 6.52. The van der Waals surface area contributed by atoms with Crippen molar-refractivity contribution in [3.8, 4) is 34.1 Å². The second kappa shape index (κ2) is 14.0. The molecule has 0 spiro atoms. The molecule has 6 heteroatoms. The number of aromatic nitrogens is 4. The summed E-state index contributed by atoms with van der Waals surface area (Å²) in [4.78, 5) is 4.76. The minimum atomic E-state index is 0. The van der Waals surface area contributed by atoms with Crippen LogP contribution >= 0.6 is 0 Å². The van der Waals surface area contributed by atoms with Crippen LogP contribution in [-0.4, -0.2) is 19.3 Å². The fourth-order valence-electron chi connectivity index (χ4n) is 6.72. The Bertz CT molecular complexity index is 2300. The van der Waals surface area contributed by atoms with Gasteiger partial charge < -0.3 is 9.30 Å². The predicted molar refractivity (Wildman–Crippen MR) is 202 cm³/mol. The molecule has 256 valence electrons. The van der Waals surface area contributed by atoms with E-state index in [1.807, 2.05) is 24.4 Å². The average Bonchev–Trinajstić information content (AvgIpc) is 3.65. The maximum Gasteiger partial charge on any atom is 2.00 e. The molecule has 0 atom stereocenters. The Hall–Kier alpha value is -4.50. The summed E-state index contributed by atoms with van der Waals surface area (Å²) in [5.41, 5.74) is 10.1. The van der Waals surface area contributed by atoms with E-state index < -0.39 is 0 Å². The maximum atomic E-state index is 6.52. The summed E-state index contributed by atoms with van der Waals surface area (Å²) < 4.78 is 10.8. The molecule has 0 unspecified atom stereocenters. The summed E-state index contributed by atoms with van der Waals surface area (Å²) in [6, 6.07) is 38.8. The molecule has 4 aromatic carbocycles. The van der Waals surface area contributed by atoms with E-state index >= 15 is 0 Å². The molecule has 0 saturated heterocycles. The summed E-state index contributed by atoms with van der Waals surface area (Å²) in [5.74, 6) is 2.56. The third-order valence-electron chi connectivity index (χ3n) is 9.26. The van der Waals surface area contributed by atoms with Crippen LogP contribution in [0.25, 0.3) is 44.4 Å². The van der Waals surface area contributed by atoms with Gasteiger partial charge in [-0.15, -0.1) is 35.7 Å². The molecule has 0 saturated carbocycles. The zero-order chi connectivity index (χ0) is 34.4. The Morgan fingerprint density at radius 2 is 1.54 bits per heavy atom. The number of fused-ring (bicyclic) bond motifs is 3. The molecule has 0 radical (unpaired) electrons. The van der Waals surface area contributed by atoms with Gasteiger partial charge in [0.1, 0.15) is 5.82 Å². The van der Waals surface area contributed by atoms with Gasteiger partial charge in [-0.3, -0.25) is 4.68 Å². The summed E-state index contributed by atoms with van der Waals surface area (Å²) in [6.07, 6.45) is 2.82. The molecule has 50 heavy (non-hydrogen) atoms. The first-order valence-electron chi connectivity index (χ1n) is 17.4. The minimum Gasteiger partial charge on any atom is -0.509 e. The Kier molecular flexibility index (Phi) is 9.91. The molecule has 0 fully saturated rings. The van der Waals surface area contributed by atoms with Gasteiger partial charge in [0.05, 0.1) is 11.4 Å². The molecule has 0 aliphatic carbocycles. The molecule has 7 aromatic rings. The van der Waals surface area contributed by atoms with Crippen molar-refractivity contribution in [1.29, 1.82) is 0 Å². The smallest absolute Gasteiger partial charge is 0.509 e. The van der Waals surface area contributed by atoms with E-state index in [9.17, 15) is 0 Å². The van der Waals surface area contributed by atoms with Gasteiger partial charge in [-0.05, 0) is 69.6 Å². The molecule has 3 heterocycles. The van der Waals surface area contributed by atoms with Crippen LogP contribution in [0.1, 0.15) is 89.7 Å². The molecule has 3 aromatic heterocycles. The Morgan fingerprint density at radius 1 is 0.780 bits per heavy atom. The van der Waals surface area contributed by atoms with Crippen LogP contribution < -0.4 is 4.74 Å². The van der Waals surface area contributed by atoms with Crippen molar-refractivity contribution in [3.63, 3.8) is 0 Å². The molecular weight excluding hydrogens is 707 g/mol. The van der Waals surface area contributed by atoms with Gasteiger partial charge >= 0.3 is 20.4 Å². The number of hydrogen-bond donors (Lipinski definition) is 0. The number of benzene rings is 4. The second-order valence-corrected chi connectivity index (χ2v) is 14.5. The molecule has 5 nitrogen and oxygen atoms in total. The zero-order valence-corrected chi connectivity index (χ0v) is 31.7. The van der Waals surface area contributed by atoms with Crippen molar-refractivity contribution >= 4 is 21.8 Å². The van der Waals surface area contributed by atoms with Crippen molar-refractivity contribution in [1.82, 2.24) is 19.3 Å². The van der Waals surface area contributed by atoms with Crippen molar-refractivity contribution in [2.75, 3.05) is 0 Å². The van der Waals surface area contributed by atoms with Crippen LogP contribution in [0.3, 0.4) is 0 Å². The van der Waals surface area contributed by atoms with E-state index in [0.717, 1.165) is 45.4 Å². The van der Waals surface area contributed by atoms with Crippen molar-refractivity contribution in [3.05, 3.63) is 132 Å². The minimum absolute atomic E-state index is 0. The molecule has 0 aliphatic heterocycles. The SMILES string of the molecule is CCc1ccnc(-n2c3[c-]c(Oc4[c-]c(-n5nc(C(C)C)c(-c6cccc(C(C)(C)C)c6)c5C(C)C)ccc4)ccc3c3ccccc32)c1.[Pd+2]. The standard InChI is InChI=1S/C44H44N4O.Pd/c1-9-30-22-23-45-40(24-30)47-38-19-11-10-18-36(38)37-21-20-35(27-39(37)47)49-34-17-13-16-33(26-34)48-43(29(4)5)41(42(46-48)28(2)3)31-14-12-15-32(25-31)44(6,7)8;/h10-25,28-29H,9H2,1-8H3;/q-2;+2. The van der Waals surface area contributed by atoms with E-state index in [2.05, 4.69) is 150 Å². The predicted octanol–water partition coefficient (Wildman–Crippen LogP) is 11.5. The van der Waals surface area contributed by atoms with Gasteiger partial charge in [0.25, 0.3) is 0 Å². The number of aryl methyl sites for hydroxylation is 1. The van der Waals surface area contributed by atoms with Crippen LogP contribution in [0, 0.1) is 12.1 Å². The monoisotopic (exact) mass is 750 g/mol. The number of hydrogen-bond acceptors (Lipinski definition) is 3. The number of pyridine rings is 1. The van der Waals surface area contributed by atoms with Crippen molar-refractivity contribution in [2.45, 2.75) is 79.1 Å². The molecule has 7 rings (SSSR count). The van der Waals surface area contributed by atoms with E-state index in [-0.39, 0.29) is 37.7 Å². The average molecular weight is 751 g/mol. The topological polar surface area (TPSA) is 44.9 Å². The van der Waals surface area contributed by atoms with Gasteiger partial charge in [-0.1, -0.05) is 103 Å². The van der Waals surface area contributed by atoms with Crippen molar-refractivity contribution in [2.24, 2.45) is 0 Å². The van der Waals surface area contributed by atoms with Gasteiger partial charge in [-0.2, -0.15) is 17.2 Å². The summed E-state index contributed by atoms with van der Waals surface area (Å²) in [5, 5.41) is 7.51. The van der Waals surface area contributed by atoms with E-state index in [0.29, 0.717) is 11.5 Å².